The number of hydrogen-bond acceptors (Lipinski definition) is 3. The van der Waals surface area contributed by atoms with E-state index in [0.29, 0.717) is 18.1 Å². The molecule has 1 saturated carbocycles. The van der Waals surface area contributed by atoms with Gasteiger partial charge in [-0.15, -0.1) is 0 Å². The summed E-state index contributed by atoms with van der Waals surface area (Å²) in [5, 5.41) is 3.45. The van der Waals surface area contributed by atoms with Crippen molar-refractivity contribution in [1.29, 1.82) is 0 Å². The fourth-order valence-electron chi connectivity index (χ4n) is 2.50. The topological polar surface area (TPSA) is 51.2 Å². The number of carbonyl (C=O) groups excluding carboxylic acids is 1. The first kappa shape index (κ1) is 13.2. The van der Waals surface area contributed by atoms with Crippen LogP contribution in [0.15, 0.2) is 12.1 Å². The van der Waals surface area contributed by atoms with Crippen molar-refractivity contribution in [2.75, 3.05) is 6.61 Å². The van der Waals surface area contributed by atoms with Gasteiger partial charge < -0.3 is 10.1 Å². The third-order valence-electron chi connectivity index (χ3n) is 3.56. The Morgan fingerprint density at radius 3 is 2.58 bits per heavy atom. The zero-order valence-corrected chi connectivity index (χ0v) is 11.7. The summed E-state index contributed by atoms with van der Waals surface area (Å²) in [6, 6.07) is 3.13. The second-order valence-electron chi connectivity index (χ2n) is 5.04. The summed E-state index contributed by atoms with van der Waals surface area (Å²) in [5.74, 6) is 0.435. The summed E-state index contributed by atoms with van der Waals surface area (Å²) in [6.07, 6.45) is 3.42. The summed E-state index contributed by atoms with van der Waals surface area (Å²) in [4.78, 5) is 16.0. The Morgan fingerprint density at radius 1 is 1.26 bits per heavy atom. The molecule has 3 rings (SSSR count). The van der Waals surface area contributed by atoms with Gasteiger partial charge >= 0.3 is 0 Å². The fourth-order valence-corrected chi connectivity index (χ4v) is 2.96. The second-order valence-corrected chi connectivity index (χ2v) is 5.82. The van der Waals surface area contributed by atoms with Crippen LogP contribution in [-0.4, -0.2) is 29.6 Å². The van der Waals surface area contributed by atoms with E-state index in [0.717, 1.165) is 6.42 Å². The lowest BCUT2D eigenvalue weighted by Crippen LogP contribution is -2.41. The minimum absolute atomic E-state index is 0.0886. The summed E-state index contributed by atoms with van der Waals surface area (Å²) < 4.78 is 5.69. The van der Waals surface area contributed by atoms with Gasteiger partial charge in [0.05, 0.1) is 12.1 Å². The average molecular weight is 301 g/mol. The maximum atomic E-state index is 12.2. The maximum Gasteiger partial charge on any atom is 0.251 e. The molecule has 102 valence electrons. The van der Waals surface area contributed by atoms with Gasteiger partial charge in [-0.05, 0) is 37.3 Å². The van der Waals surface area contributed by atoms with Crippen LogP contribution in [0.25, 0.3) is 0 Å². The number of amides is 1. The smallest absolute Gasteiger partial charge is 0.251 e. The molecular weight excluding hydrogens is 287 g/mol. The van der Waals surface area contributed by atoms with Gasteiger partial charge in [0.1, 0.15) is 10.3 Å². The van der Waals surface area contributed by atoms with Crippen molar-refractivity contribution in [3.63, 3.8) is 0 Å². The number of nitrogens with zero attached hydrogens (tertiary/aromatic N) is 1. The first-order valence-corrected chi connectivity index (χ1v) is 7.14. The zero-order valence-electron chi connectivity index (χ0n) is 10.2. The third kappa shape index (κ3) is 3.02. The highest BCUT2D eigenvalue weighted by Gasteiger charge is 2.41. The number of carbonyl (C=O) groups is 1. The highest BCUT2D eigenvalue weighted by Crippen LogP contribution is 2.38. The van der Waals surface area contributed by atoms with E-state index < -0.39 is 0 Å². The van der Waals surface area contributed by atoms with Gasteiger partial charge in [0, 0.05) is 12.2 Å². The molecule has 1 aliphatic carbocycles. The van der Waals surface area contributed by atoms with Crippen LogP contribution in [0.2, 0.25) is 10.3 Å². The van der Waals surface area contributed by atoms with Crippen molar-refractivity contribution >= 4 is 29.1 Å². The Balaban J connectivity index is 1.70. The van der Waals surface area contributed by atoms with Crippen LogP contribution in [0, 0.1) is 5.92 Å². The Bertz CT molecular complexity index is 485. The zero-order chi connectivity index (χ0) is 13.4. The summed E-state index contributed by atoms with van der Waals surface area (Å²) in [5.41, 5.74) is 0.437. The van der Waals surface area contributed by atoms with Crippen LogP contribution in [0.1, 0.15) is 29.6 Å². The molecule has 0 radical (unpaired) electrons. The lowest BCUT2D eigenvalue weighted by atomic mass is 10.1. The molecular formula is C13H14Cl2N2O2. The van der Waals surface area contributed by atoms with E-state index in [1.807, 2.05) is 0 Å². The van der Waals surface area contributed by atoms with Gasteiger partial charge in [-0.3, -0.25) is 4.79 Å². The molecule has 4 nitrogen and oxygen atoms in total. The number of pyridine rings is 1. The van der Waals surface area contributed by atoms with Crippen LogP contribution in [0.3, 0.4) is 0 Å². The van der Waals surface area contributed by atoms with Gasteiger partial charge in [-0.25, -0.2) is 4.98 Å². The van der Waals surface area contributed by atoms with Crippen LogP contribution < -0.4 is 5.32 Å². The van der Waals surface area contributed by atoms with Gasteiger partial charge in [0.15, 0.2) is 0 Å². The first-order chi connectivity index (χ1) is 9.13. The van der Waals surface area contributed by atoms with Crippen molar-refractivity contribution in [2.45, 2.75) is 31.4 Å². The molecule has 2 heterocycles. The van der Waals surface area contributed by atoms with Crippen molar-refractivity contribution in [3.8, 4) is 0 Å². The van der Waals surface area contributed by atoms with Gasteiger partial charge in [0.2, 0.25) is 0 Å². The third-order valence-corrected chi connectivity index (χ3v) is 3.95. The molecule has 2 atom stereocenters. The number of aromatic nitrogens is 1. The van der Waals surface area contributed by atoms with Crippen molar-refractivity contribution < 1.29 is 9.53 Å². The molecule has 1 aliphatic heterocycles. The monoisotopic (exact) mass is 300 g/mol. The van der Waals surface area contributed by atoms with E-state index in [9.17, 15) is 4.79 Å². The SMILES string of the molecule is O=C(NC1CCOC1C1CC1)c1cc(Cl)nc(Cl)c1. The molecule has 19 heavy (non-hydrogen) atoms. The maximum absolute atomic E-state index is 12.2. The molecule has 1 saturated heterocycles. The number of halogens is 2. The molecule has 0 bridgehead atoms. The lowest BCUT2D eigenvalue weighted by Gasteiger charge is -2.19. The number of rotatable bonds is 3. The lowest BCUT2D eigenvalue weighted by molar-refractivity contribution is 0.0729. The van der Waals surface area contributed by atoms with E-state index in [1.54, 1.807) is 0 Å². The normalized spacial score (nSPS) is 26.4. The Morgan fingerprint density at radius 2 is 1.95 bits per heavy atom. The van der Waals surface area contributed by atoms with Crippen molar-refractivity contribution in [3.05, 3.63) is 28.0 Å². The molecule has 2 fully saturated rings. The molecule has 1 aromatic heterocycles. The predicted molar refractivity (Wildman–Crippen MR) is 72.6 cm³/mol. The van der Waals surface area contributed by atoms with E-state index in [1.165, 1.54) is 25.0 Å². The molecule has 0 spiro atoms. The highest BCUT2D eigenvalue weighted by molar-refractivity contribution is 6.33. The van der Waals surface area contributed by atoms with Crippen LogP contribution in [0.5, 0.6) is 0 Å². The van der Waals surface area contributed by atoms with Crippen LogP contribution in [0.4, 0.5) is 0 Å². The van der Waals surface area contributed by atoms with Gasteiger partial charge in [0.25, 0.3) is 5.91 Å². The number of nitrogens with one attached hydrogen (secondary N) is 1. The molecule has 2 aliphatic rings. The second kappa shape index (κ2) is 5.27. The standard InChI is InChI=1S/C13H14Cl2N2O2/c14-10-5-8(6-11(15)17-10)13(18)16-9-3-4-19-12(9)7-1-2-7/h5-7,9,12H,1-4H2,(H,16,18). The summed E-state index contributed by atoms with van der Waals surface area (Å²) >= 11 is 11.6. The summed E-state index contributed by atoms with van der Waals surface area (Å²) in [7, 11) is 0. The minimum atomic E-state index is -0.174. The van der Waals surface area contributed by atoms with E-state index in [2.05, 4.69) is 10.3 Å². The van der Waals surface area contributed by atoms with Crippen molar-refractivity contribution in [1.82, 2.24) is 10.3 Å². The largest absolute Gasteiger partial charge is 0.376 e. The minimum Gasteiger partial charge on any atom is -0.376 e. The first-order valence-electron chi connectivity index (χ1n) is 6.39. The van der Waals surface area contributed by atoms with E-state index >= 15 is 0 Å². The number of hydrogen-bond donors (Lipinski definition) is 1. The average Bonchev–Trinajstić information content (AvgIpc) is 3.09. The van der Waals surface area contributed by atoms with Crippen molar-refractivity contribution in [2.24, 2.45) is 5.92 Å². The molecule has 6 heteroatoms. The van der Waals surface area contributed by atoms with E-state index in [-0.39, 0.29) is 28.4 Å². The molecule has 2 unspecified atom stereocenters. The molecule has 1 amide bonds. The highest BCUT2D eigenvalue weighted by atomic mass is 35.5. The molecule has 1 N–H and O–H groups in total. The molecule has 0 aromatic carbocycles. The number of ether oxygens (including phenoxy) is 1. The van der Waals surface area contributed by atoms with Gasteiger partial charge in [-0.2, -0.15) is 0 Å². The molecule has 1 aromatic rings. The Hall–Kier alpha value is -0.840. The Labute approximate surface area is 121 Å². The van der Waals surface area contributed by atoms with E-state index in [4.69, 9.17) is 27.9 Å². The summed E-state index contributed by atoms with van der Waals surface area (Å²) in [6.45, 7) is 0.712. The quantitative estimate of drug-likeness (QED) is 0.873. The van der Waals surface area contributed by atoms with Crippen LogP contribution in [-0.2, 0) is 4.74 Å². The predicted octanol–water partition coefficient (Wildman–Crippen LogP) is 2.69. The fraction of sp³-hybridized carbons (Fsp3) is 0.538. The van der Waals surface area contributed by atoms with Gasteiger partial charge in [-0.1, -0.05) is 23.2 Å². The van der Waals surface area contributed by atoms with Crippen LogP contribution >= 0.6 is 23.2 Å². The Kier molecular flexibility index (Phi) is 3.65.